The fraction of sp³-hybridized carbons (Fsp3) is 0.0741. The number of hydrazone groups is 1. The van der Waals surface area contributed by atoms with Gasteiger partial charge in [0.2, 0.25) is 5.17 Å². The van der Waals surface area contributed by atoms with Crippen LogP contribution >= 0.6 is 11.8 Å². The van der Waals surface area contributed by atoms with Crippen LogP contribution in [-0.4, -0.2) is 40.0 Å². The molecule has 3 aromatic rings. The maximum absolute atomic E-state index is 13.1. The summed E-state index contributed by atoms with van der Waals surface area (Å²) in [6.07, 6.45) is 1.50. The van der Waals surface area contributed by atoms with Crippen molar-refractivity contribution in [3.05, 3.63) is 100 Å². The topological polar surface area (TPSA) is 104 Å². The van der Waals surface area contributed by atoms with E-state index in [4.69, 9.17) is 14.9 Å². The maximum Gasteiger partial charge on any atom is 0.343 e. The van der Waals surface area contributed by atoms with Gasteiger partial charge >= 0.3 is 5.97 Å². The Bertz CT molecular complexity index is 1550. The summed E-state index contributed by atoms with van der Waals surface area (Å²) in [5, 5.41) is 15.5. The molecule has 0 saturated carbocycles. The van der Waals surface area contributed by atoms with Crippen LogP contribution in [0.2, 0.25) is 0 Å². The van der Waals surface area contributed by atoms with Crippen molar-refractivity contribution < 1.29 is 23.5 Å². The van der Waals surface area contributed by atoms with Crippen LogP contribution in [0.25, 0.3) is 6.08 Å². The number of fused-ring (bicyclic) bond motifs is 1. The Hall–Kier alpha value is -4.57. The van der Waals surface area contributed by atoms with Crippen LogP contribution in [-0.2, 0) is 4.79 Å². The van der Waals surface area contributed by atoms with Crippen molar-refractivity contribution in [2.45, 2.75) is 6.92 Å². The van der Waals surface area contributed by atoms with E-state index in [1.807, 2.05) is 31.2 Å². The number of thioether (sulfide) groups is 1. The van der Waals surface area contributed by atoms with Crippen LogP contribution in [0.5, 0.6) is 11.5 Å². The number of nitrogens with zero attached hydrogens (tertiary/aromatic N) is 3. The number of carbonyl (C=O) groups excluding carboxylic acids is 2. The van der Waals surface area contributed by atoms with E-state index in [-0.39, 0.29) is 28.5 Å². The number of benzene rings is 3. The molecular formula is C27H19FN4O4S. The minimum atomic E-state index is -0.677. The van der Waals surface area contributed by atoms with Crippen molar-refractivity contribution in [2.24, 2.45) is 10.1 Å². The van der Waals surface area contributed by atoms with Gasteiger partial charge < -0.3 is 9.47 Å². The number of aliphatic imine (C=N–C) groups is 1. The lowest BCUT2D eigenvalue weighted by molar-refractivity contribution is -0.114. The summed E-state index contributed by atoms with van der Waals surface area (Å²) in [6, 6.07) is 17.4. The van der Waals surface area contributed by atoms with Gasteiger partial charge in [0, 0.05) is 5.56 Å². The molecule has 0 fully saturated rings. The molecule has 37 heavy (non-hydrogen) atoms. The fourth-order valence-electron chi connectivity index (χ4n) is 3.68. The summed E-state index contributed by atoms with van der Waals surface area (Å²) in [6.45, 7) is 1.97. The van der Waals surface area contributed by atoms with Gasteiger partial charge in [-0.2, -0.15) is 15.1 Å². The molecule has 0 bridgehead atoms. The number of halogens is 1. The molecule has 0 aromatic heterocycles. The molecule has 2 aliphatic heterocycles. The van der Waals surface area contributed by atoms with Crippen LogP contribution in [0, 0.1) is 18.2 Å². The number of methoxy groups -OCH3 is 1. The second-order valence-electron chi connectivity index (χ2n) is 8.05. The summed E-state index contributed by atoms with van der Waals surface area (Å²) in [4.78, 5) is 29.3. The third kappa shape index (κ3) is 4.78. The highest BCUT2D eigenvalue weighted by atomic mass is 32.2. The van der Waals surface area contributed by atoms with Crippen molar-refractivity contribution in [1.29, 1.82) is 5.41 Å². The van der Waals surface area contributed by atoms with Crippen molar-refractivity contribution in [3.63, 3.8) is 0 Å². The lowest BCUT2D eigenvalue weighted by atomic mass is 10.1. The second-order valence-corrected chi connectivity index (χ2v) is 9.00. The first-order chi connectivity index (χ1) is 17.8. The normalized spacial score (nSPS) is 15.9. The Morgan fingerprint density at radius 2 is 1.84 bits per heavy atom. The van der Waals surface area contributed by atoms with Crippen LogP contribution in [0.3, 0.4) is 0 Å². The molecule has 8 nitrogen and oxygen atoms in total. The largest absolute Gasteiger partial charge is 0.493 e. The number of hydrogen-bond donors (Lipinski definition) is 1. The van der Waals surface area contributed by atoms with Crippen LogP contribution in [0.15, 0.2) is 82.4 Å². The van der Waals surface area contributed by atoms with Gasteiger partial charge in [-0.1, -0.05) is 30.3 Å². The lowest BCUT2D eigenvalue weighted by Crippen LogP contribution is -2.35. The number of aryl methyl sites for hydroxylation is 1. The third-order valence-corrected chi connectivity index (χ3v) is 6.55. The van der Waals surface area contributed by atoms with Crippen molar-refractivity contribution in [3.8, 4) is 11.5 Å². The van der Waals surface area contributed by atoms with Crippen molar-refractivity contribution >= 4 is 45.8 Å². The molecule has 2 aliphatic rings. The zero-order valence-electron chi connectivity index (χ0n) is 19.7. The van der Waals surface area contributed by atoms with E-state index >= 15 is 0 Å². The van der Waals surface area contributed by atoms with E-state index in [9.17, 15) is 14.0 Å². The van der Waals surface area contributed by atoms with Crippen molar-refractivity contribution in [2.75, 3.05) is 7.11 Å². The highest BCUT2D eigenvalue weighted by Crippen LogP contribution is 2.33. The van der Waals surface area contributed by atoms with E-state index in [2.05, 4.69) is 10.1 Å². The minimum absolute atomic E-state index is 0.0530. The zero-order chi connectivity index (χ0) is 26.1. The summed E-state index contributed by atoms with van der Waals surface area (Å²) < 4.78 is 23.9. The zero-order valence-corrected chi connectivity index (χ0v) is 20.5. The number of ether oxygens (including phenoxy) is 2. The number of carbonyl (C=O) groups is 2. The summed E-state index contributed by atoms with van der Waals surface area (Å²) in [7, 11) is 1.41. The van der Waals surface area contributed by atoms with Gasteiger partial charge in [0.15, 0.2) is 17.3 Å². The van der Waals surface area contributed by atoms with Gasteiger partial charge in [0.1, 0.15) is 10.9 Å². The SMILES string of the molecule is COc1cc(/C=C2/C(=N)N3N=C(c4ccccc4C)SC3=NC2=O)ccc1OC(=O)c1ccc(F)cc1. The molecule has 2 heterocycles. The number of amides is 1. The molecule has 0 spiro atoms. The molecule has 3 aromatic carbocycles. The van der Waals surface area contributed by atoms with Gasteiger partial charge in [-0.3, -0.25) is 10.2 Å². The Labute approximate surface area is 215 Å². The van der Waals surface area contributed by atoms with Crippen LogP contribution in [0.1, 0.15) is 27.0 Å². The number of rotatable bonds is 5. The number of esters is 1. The van der Waals surface area contributed by atoms with E-state index in [1.165, 1.54) is 60.3 Å². The molecule has 0 radical (unpaired) electrons. The molecule has 0 aliphatic carbocycles. The average molecular weight is 515 g/mol. The van der Waals surface area contributed by atoms with Gasteiger partial charge in [-0.05, 0) is 72.3 Å². The molecule has 10 heteroatoms. The standard InChI is InChI=1S/C27H19FN4O4S/c1-15-5-3-4-6-19(15)25-31-32-23(29)20(24(33)30-27(32)37-25)13-16-7-12-21(22(14-16)35-2)36-26(34)17-8-10-18(28)11-9-17/h3-14,29H,1-2H3/b20-13-,29-23?. The summed E-state index contributed by atoms with van der Waals surface area (Å²) in [5.41, 5.74) is 2.69. The first-order valence-corrected chi connectivity index (χ1v) is 11.9. The average Bonchev–Trinajstić information content (AvgIpc) is 3.31. The number of nitrogens with one attached hydrogen (secondary N) is 1. The van der Waals surface area contributed by atoms with E-state index < -0.39 is 17.7 Å². The Morgan fingerprint density at radius 1 is 1.08 bits per heavy atom. The lowest BCUT2D eigenvalue weighted by Gasteiger charge is -2.20. The molecule has 0 saturated heterocycles. The van der Waals surface area contributed by atoms with Crippen LogP contribution in [0.4, 0.5) is 4.39 Å². The molecule has 1 amide bonds. The summed E-state index contributed by atoms with van der Waals surface area (Å²) in [5.74, 6) is -1.42. The van der Waals surface area contributed by atoms with E-state index in [0.29, 0.717) is 15.8 Å². The Kier molecular flexibility index (Phi) is 6.41. The smallest absolute Gasteiger partial charge is 0.343 e. The predicted octanol–water partition coefficient (Wildman–Crippen LogP) is 5.03. The van der Waals surface area contributed by atoms with Crippen LogP contribution < -0.4 is 9.47 Å². The Balaban J connectivity index is 1.40. The second kappa shape index (κ2) is 9.82. The van der Waals surface area contributed by atoms with Gasteiger partial charge in [0.25, 0.3) is 5.91 Å². The highest BCUT2D eigenvalue weighted by Gasteiger charge is 2.36. The summed E-state index contributed by atoms with van der Waals surface area (Å²) >= 11 is 1.24. The molecule has 184 valence electrons. The first kappa shape index (κ1) is 24.1. The minimum Gasteiger partial charge on any atom is -0.493 e. The predicted molar refractivity (Wildman–Crippen MR) is 140 cm³/mol. The molecule has 1 N–H and O–H groups in total. The first-order valence-electron chi connectivity index (χ1n) is 11.1. The highest BCUT2D eigenvalue weighted by molar-refractivity contribution is 8.27. The van der Waals surface area contributed by atoms with Gasteiger partial charge in [-0.25, -0.2) is 9.18 Å². The number of hydrogen-bond acceptors (Lipinski definition) is 7. The molecule has 5 rings (SSSR count). The number of amidine groups is 2. The maximum atomic E-state index is 13.1. The monoisotopic (exact) mass is 514 g/mol. The molecule has 0 atom stereocenters. The molecular weight excluding hydrogens is 495 g/mol. The third-order valence-electron chi connectivity index (χ3n) is 5.61. The van der Waals surface area contributed by atoms with E-state index in [0.717, 1.165) is 11.1 Å². The quantitative estimate of drug-likeness (QED) is 0.291. The van der Waals surface area contributed by atoms with E-state index in [1.54, 1.807) is 12.1 Å². The Morgan fingerprint density at radius 3 is 2.57 bits per heavy atom. The van der Waals surface area contributed by atoms with Crippen molar-refractivity contribution in [1.82, 2.24) is 5.01 Å². The van der Waals surface area contributed by atoms with Gasteiger partial charge in [-0.15, -0.1) is 0 Å². The fourth-order valence-corrected chi connectivity index (χ4v) is 4.67. The molecule has 0 unspecified atom stereocenters. The van der Waals surface area contributed by atoms with Gasteiger partial charge in [0.05, 0.1) is 18.2 Å².